The van der Waals surface area contributed by atoms with Crippen LogP contribution in [-0.4, -0.2) is 53.2 Å². The molecule has 0 bridgehead atoms. The van der Waals surface area contributed by atoms with Gasteiger partial charge in [-0.25, -0.2) is 9.59 Å². The van der Waals surface area contributed by atoms with Gasteiger partial charge in [-0.2, -0.15) is 0 Å². The Bertz CT molecular complexity index is 417. The summed E-state index contributed by atoms with van der Waals surface area (Å²) in [6.07, 6.45) is 2.43. The van der Waals surface area contributed by atoms with Crippen molar-refractivity contribution in [2.24, 2.45) is 11.8 Å². The summed E-state index contributed by atoms with van der Waals surface area (Å²) in [7, 11) is 0. The summed E-state index contributed by atoms with van der Waals surface area (Å²) in [5.41, 5.74) is -0.694. The predicted octanol–water partition coefficient (Wildman–Crippen LogP) is 3.19. The summed E-state index contributed by atoms with van der Waals surface area (Å²) in [6, 6.07) is -1.15. The fourth-order valence-electron chi connectivity index (χ4n) is 2.45. The van der Waals surface area contributed by atoms with Crippen molar-refractivity contribution in [1.29, 1.82) is 0 Å². The van der Waals surface area contributed by atoms with Gasteiger partial charge >= 0.3 is 12.1 Å². The van der Waals surface area contributed by atoms with Crippen LogP contribution in [-0.2, 0) is 14.3 Å². The van der Waals surface area contributed by atoms with E-state index in [2.05, 4.69) is 19.2 Å². The van der Waals surface area contributed by atoms with Gasteiger partial charge in [0.05, 0.1) is 12.7 Å². The normalized spacial score (nSPS) is 15.4. The molecule has 0 spiro atoms. The quantitative estimate of drug-likeness (QED) is 0.452. The molecule has 26 heavy (non-hydrogen) atoms. The zero-order valence-corrected chi connectivity index (χ0v) is 17.1. The molecule has 0 aromatic rings. The maximum Gasteiger partial charge on any atom is 0.408 e. The number of aliphatic hydroxyl groups is 1. The minimum atomic E-state index is -1.17. The molecule has 3 atom stereocenters. The van der Waals surface area contributed by atoms with Crippen molar-refractivity contribution < 1.29 is 29.3 Å². The predicted molar refractivity (Wildman–Crippen MR) is 100 cm³/mol. The number of carbonyl (C=O) groups excluding carboxylic acids is 1. The van der Waals surface area contributed by atoms with Crippen LogP contribution in [0, 0.1) is 11.8 Å². The lowest BCUT2D eigenvalue weighted by Crippen LogP contribution is -2.46. The number of carboxylic acid groups (broad SMARTS) is 1. The maximum atomic E-state index is 11.7. The maximum absolute atomic E-state index is 11.7. The third-order valence-electron chi connectivity index (χ3n) is 3.93. The number of nitrogens with one attached hydrogen (secondary N) is 1. The highest BCUT2D eigenvalue weighted by molar-refractivity contribution is 5.80. The number of rotatable bonds is 12. The monoisotopic (exact) mass is 375 g/mol. The van der Waals surface area contributed by atoms with Gasteiger partial charge in [-0.3, -0.25) is 0 Å². The summed E-state index contributed by atoms with van der Waals surface area (Å²) in [5.74, 6) is -0.353. The molecule has 0 aromatic heterocycles. The second-order valence-corrected chi connectivity index (χ2v) is 8.23. The Kier molecular flexibility index (Phi) is 11.5. The number of aliphatic hydroxyl groups excluding tert-OH is 1. The minimum Gasteiger partial charge on any atom is -0.480 e. The molecule has 0 radical (unpaired) electrons. The van der Waals surface area contributed by atoms with Crippen LogP contribution >= 0.6 is 0 Å². The Morgan fingerprint density at radius 2 is 1.69 bits per heavy atom. The van der Waals surface area contributed by atoms with Crippen molar-refractivity contribution in [2.75, 3.05) is 13.2 Å². The van der Waals surface area contributed by atoms with Gasteiger partial charge in [-0.15, -0.1) is 0 Å². The van der Waals surface area contributed by atoms with Crippen LogP contribution in [0.5, 0.6) is 0 Å². The molecule has 1 amide bonds. The molecule has 0 aromatic carbocycles. The summed E-state index contributed by atoms with van der Waals surface area (Å²) < 4.78 is 10.5. The van der Waals surface area contributed by atoms with E-state index >= 15 is 0 Å². The highest BCUT2D eigenvalue weighted by Gasteiger charge is 2.24. The van der Waals surface area contributed by atoms with Crippen molar-refractivity contribution in [3.8, 4) is 0 Å². The van der Waals surface area contributed by atoms with E-state index in [1.54, 1.807) is 27.7 Å². The molecule has 7 heteroatoms. The second-order valence-electron chi connectivity index (χ2n) is 8.23. The van der Waals surface area contributed by atoms with Gasteiger partial charge in [-0.05, 0) is 58.8 Å². The van der Waals surface area contributed by atoms with Crippen molar-refractivity contribution in [1.82, 2.24) is 5.32 Å². The van der Waals surface area contributed by atoms with Crippen molar-refractivity contribution in [2.45, 2.75) is 85.0 Å². The van der Waals surface area contributed by atoms with Gasteiger partial charge in [0.15, 0.2) is 6.04 Å². The van der Waals surface area contributed by atoms with Gasteiger partial charge < -0.3 is 25.0 Å². The van der Waals surface area contributed by atoms with Crippen LogP contribution in [0.1, 0.15) is 67.2 Å². The third-order valence-corrected chi connectivity index (χ3v) is 3.93. The summed E-state index contributed by atoms with van der Waals surface area (Å²) in [4.78, 5) is 22.9. The number of ether oxygens (including phenoxy) is 2. The number of amides is 1. The average molecular weight is 376 g/mol. The fourth-order valence-corrected chi connectivity index (χ4v) is 2.45. The Hall–Kier alpha value is -1.34. The lowest BCUT2D eigenvalue weighted by molar-refractivity contribution is -0.141. The number of hydrogen-bond acceptors (Lipinski definition) is 5. The van der Waals surface area contributed by atoms with Crippen LogP contribution < -0.4 is 5.32 Å². The molecule has 0 fully saturated rings. The van der Waals surface area contributed by atoms with Gasteiger partial charge in [0, 0.05) is 6.61 Å². The number of carbonyl (C=O) groups is 2. The Balaban J connectivity index is 4.19. The number of carboxylic acids is 1. The number of alkyl carbamates (subject to hydrolysis) is 1. The van der Waals surface area contributed by atoms with E-state index in [0.29, 0.717) is 12.5 Å². The smallest absolute Gasteiger partial charge is 0.408 e. The van der Waals surface area contributed by atoms with E-state index in [4.69, 9.17) is 9.47 Å². The van der Waals surface area contributed by atoms with Crippen LogP contribution in [0.15, 0.2) is 0 Å². The van der Waals surface area contributed by atoms with Gasteiger partial charge in [0.25, 0.3) is 0 Å². The molecular formula is C19H37NO6. The molecule has 0 unspecified atom stereocenters. The second kappa shape index (κ2) is 12.1. The largest absolute Gasteiger partial charge is 0.480 e. The highest BCUT2D eigenvalue weighted by Crippen LogP contribution is 2.20. The molecule has 0 aliphatic heterocycles. The zero-order valence-electron chi connectivity index (χ0n) is 17.1. The molecule has 3 N–H and O–H groups in total. The van der Waals surface area contributed by atoms with Crippen LogP contribution in [0.25, 0.3) is 0 Å². The summed E-state index contributed by atoms with van der Waals surface area (Å²) in [6.45, 7) is 11.5. The first-order valence-corrected chi connectivity index (χ1v) is 9.40. The first kappa shape index (κ1) is 24.7. The van der Waals surface area contributed by atoms with Crippen LogP contribution in [0.4, 0.5) is 4.79 Å². The zero-order chi connectivity index (χ0) is 20.3. The molecule has 0 saturated carbocycles. The molecule has 0 aliphatic carbocycles. The SMILES string of the molecule is CC(C)CC[C@H](CCCOC[C@H](NC(=O)OC(C)(C)C)C(=O)O)[C@H](C)O. The lowest BCUT2D eigenvalue weighted by Gasteiger charge is -2.22. The van der Waals surface area contributed by atoms with E-state index < -0.39 is 23.7 Å². The highest BCUT2D eigenvalue weighted by atomic mass is 16.6. The van der Waals surface area contributed by atoms with E-state index in [9.17, 15) is 19.8 Å². The molecule has 0 heterocycles. The molecule has 0 aliphatic rings. The first-order valence-electron chi connectivity index (χ1n) is 9.40. The molecule has 0 rings (SSSR count). The summed E-state index contributed by atoms with van der Waals surface area (Å²) in [5, 5.41) is 21.3. The minimum absolute atomic E-state index is 0.125. The van der Waals surface area contributed by atoms with Gasteiger partial charge in [-0.1, -0.05) is 20.3 Å². The Morgan fingerprint density at radius 1 is 1.08 bits per heavy atom. The van der Waals surface area contributed by atoms with Crippen LogP contribution in [0.3, 0.4) is 0 Å². The van der Waals surface area contributed by atoms with Crippen LogP contribution in [0.2, 0.25) is 0 Å². The molecule has 0 saturated heterocycles. The Labute approximate surface area is 157 Å². The van der Waals surface area contributed by atoms with E-state index in [1.807, 2.05) is 0 Å². The van der Waals surface area contributed by atoms with Crippen molar-refractivity contribution in [3.05, 3.63) is 0 Å². The van der Waals surface area contributed by atoms with Gasteiger partial charge in [0.1, 0.15) is 5.60 Å². The fraction of sp³-hybridized carbons (Fsp3) is 0.895. The lowest BCUT2D eigenvalue weighted by atomic mass is 9.90. The van der Waals surface area contributed by atoms with Gasteiger partial charge in [0.2, 0.25) is 0 Å². The first-order chi connectivity index (χ1) is 11.9. The molecule has 154 valence electrons. The molecular weight excluding hydrogens is 338 g/mol. The van der Waals surface area contributed by atoms with Crippen molar-refractivity contribution >= 4 is 12.1 Å². The number of hydrogen-bond donors (Lipinski definition) is 3. The standard InChI is InChI=1S/C19H37NO6/c1-13(2)9-10-15(14(3)21)8-7-11-25-12-16(17(22)23)20-18(24)26-19(4,5)6/h13-16,21H,7-12H2,1-6H3,(H,20,24)(H,22,23)/t14-,15-,16-/m0/s1. The topological polar surface area (TPSA) is 105 Å². The number of aliphatic carboxylic acids is 1. The Morgan fingerprint density at radius 3 is 2.15 bits per heavy atom. The molecule has 7 nitrogen and oxygen atoms in total. The summed E-state index contributed by atoms with van der Waals surface area (Å²) >= 11 is 0. The third kappa shape index (κ3) is 12.9. The van der Waals surface area contributed by atoms with E-state index in [-0.39, 0.29) is 18.6 Å². The van der Waals surface area contributed by atoms with Crippen molar-refractivity contribution in [3.63, 3.8) is 0 Å². The van der Waals surface area contributed by atoms with E-state index in [0.717, 1.165) is 25.7 Å². The van der Waals surface area contributed by atoms with E-state index in [1.165, 1.54) is 0 Å². The average Bonchev–Trinajstić information content (AvgIpc) is 2.45.